The quantitative estimate of drug-likeness (QED) is 0.890. The average molecular weight is 306 g/mol. The molecule has 0 aliphatic rings. The number of aromatic hydroxyl groups is 1. The zero-order chi connectivity index (χ0) is 15.5. The molecule has 0 aliphatic carbocycles. The third kappa shape index (κ3) is 3.72. The van der Waals surface area contributed by atoms with Crippen LogP contribution in [0.1, 0.15) is 24.6 Å². The minimum absolute atomic E-state index is 0.0624. The molecule has 0 unspecified atom stereocenters. The van der Waals surface area contributed by atoms with Crippen molar-refractivity contribution in [3.63, 3.8) is 0 Å². The number of aryl methyl sites for hydroxylation is 2. The maximum Gasteiger partial charge on any atom is 0.263 e. The molecule has 5 nitrogen and oxygen atoms in total. The number of sulfonamides is 1. The Morgan fingerprint density at radius 3 is 2.43 bits per heavy atom. The molecule has 0 fully saturated rings. The van der Waals surface area contributed by atoms with Crippen molar-refractivity contribution >= 4 is 15.8 Å². The molecular formula is C15H18N2O3S. The summed E-state index contributed by atoms with van der Waals surface area (Å²) in [6.07, 6.45) is 1.92. The van der Waals surface area contributed by atoms with Crippen molar-refractivity contribution in [2.75, 3.05) is 4.72 Å². The van der Waals surface area contributed by atoms with Crippen LogP contribution in [0.5, 0.6) is 5.75 Å². The number of aromatic nitrogens is 1. The number of anilines is 1. The van der Waals surface area contributed by atoms with Crippen molar-refractivity contribution in [1.29, 1.82) is 0 Å². The van der Waals surface area contributed by atoms with Crippen molar-refractivity contribution in [3.05, 3.63) is 47.7 Å². The number of benzene rings is 1. The van der Waals surface area contributed by atoms with Crippen LogP contribution in [-0.2, 0) is 16.4 Å². The van der Waals surface area contributed by atoms with Gasteiger partial charge in [0.15, 0.2) is 11.6 Å². The second-order valence-corrected chi connectivity index (χ2v) is 6.50. The normalized spacial score (nSPS) is 11.3. The lowest BCUT2D eigenvalue weighted by atomic mass is 10.1. The summed E-state index contributed by atoms with van der Waals surface area (Å²) >= 11 is 0. The molecule has 1 aromatic heterocycles. The Kier molecular flexibility index (Phi) is 4.47. The van der Waals surface area contributed by atoms with E-state index in [1.54, 1.807) is 37.3 Å². The highest BCUT2D eigenvalue weighted by Crippen LogP contribution is 2.23. The molecular weight excluding hydrogens is 288 g/mol. The number of nitrogens with zero attached hydrogens (tertiary/aromatic N) is 1. The standard InChI is InChI=1S/C15H18N2O3S/c1-3-4-12-6-8-13(9-7-12)21(19,20)17-15-14(18)10-5-11(2)16-15/h5-10,18H,3-4H2,1-2H3,(H,16,17). The summed E-state index contributed by atoms with van der Waals surface area (Å²) in [5.74, 6) is -0.264. The van der Waals surface area contributed by atoms with E-state index < -0.39 is 10.0 Å². The molecule has 2 aromatic rings. The van der Waals surface area contributed by atoms with E-state index >= 15 is 0 Å². The Morgan fingerprint density at radius 2 is 1.81 bits per heavy atom. The lowest BCUT2D eigenvalue weighted by Gasteiger charge is -2.10. The first-order chi connectivity index (χ1) is 9.92. The van der Waals surface area contributed by atoms with Crippen molar-refractivity contribution in [2.24, 2.45) is 0 Å². The molecule has 0 saturated carbocycles. The molecule has 1 heterocycles. The molecule has 2 N–H and O–H groups in total. The third-order valence-electron chi connectivity index (χ3n) is 3.02. The van der Waals surface area contributed by atoms with Gasteiger partial charge in [-0.3, -0.25) is 4.72 Å². The molecule has 0 aliphatic heterocycles. The second kappa shape index (κ2) is 6.13. The van der Waals surface area contributed by atoms with Crippen molar-refractivity contribution in [3.8, 4) is 5.75 Å². The SMILES string of the molecule is CCCc1ccc(S(=O)(=O)Nc2nc(C)ccc2O)cc1. The van der Waals surface area contributed by atoms with Gasteiger partial charge in [0.05, 0.1) is 4.90 Å². The molecule has 0 saturated heterocycles. The Bertz CT molecular complexity index is 725. The summed E-state index contributed by atoms with van der Waals surface area (Å²) in [5, 5.41) is 9.67. The van der Waals surface area contributed by atoms with E-state index in [0.29, 0.717) is 5.69 Å². The average Bonchev–Trinajstić information content (AvgIpc) is 2.44. The zero-order valence-corrected chi connectivity index (χ0v) is 12.8. The highest BCUT2D eigenvalue weighted by Gasteiger charge is 2.17. The minimum Gasteiger partial charge on any atom is -0.504 e. The van der Waals surface area contributed by atoms with Gasteiger partial charge in [0, 0.05) is 5.69 Å². The van der Waals surface area contributed by atoms with Crippen molar-refractivity contribution < 1.29 is 13.5 Å². The van der Waals surface area contributed by atoms with Crippen LogP contribution in [0.15, 0.2) is 41.3 Å². The summed E-state index contributed by atoms with van der Waals surface area (Å²) in [5.41, 5.74) is 1.71. The van der Waals surface area contributed by atoms with Crippen LogP contribution < -0.4 is 4.72 Å². The fourth-order valence-corrected chi connectivity index (χ4v) is 2.95. The fraction of sp³-hybridized carbons (Fsp3) is 0.267. The Morgan fingerprint density at radius 1 is 1.14 bits per heavy atom. The van der Waals surface area contributed by atoms with E-state index in [9.17, 15) is 13.5 Å². The molecule has 112 valence electrons. The van der Waals surface area contributed by atoms with E-state index in [2.05, 4.69) is 16.6 Å². The van der Waals surface area contributed by atoms with Crippen LogP contribution >= 0.6 is 0 Å². The zero-order valence-electron chi connectivity index (χ0n) is 12.0. The topological polar surface area (TPSA) is 79.3 Å². The predicted octanol–water partition coefficient (Wildman–Crippen LogP) is 2.85. The van der Waals surface area contributed by atoms with Gasteiger partial charge >= 0.3 is 0 Å². The van der Waals surface area contributed by atoms with Gasteiger partial charge in [-0.1, -0.05) is 25.5 Å². The largest absolute Gasteiger partial charge is 0.504 e. The molecule has 2 rings (SSSR count). The molecule has 0 radical (unpaired) electrons. The molecule has 21 heavy (non-hydrogen) atoms. The summed E-state index contributed by atoms with van der Waals surface area (Å²) in [7, 11) is -3.76. The Hall–Kier alpha value is -2.08. The minimum atomic E-state index is -3.76. The maximum absolute atomic E-state index is 12.3. The smallest absolute Gasteiger partial charge is 0.263 e. The van der Waals surface area contributed by atoms with Gasteiger partial charge in [0.2, 0.25) is 0 Å². The van der Waals surface area contributed by atoms with Crippen LogP contribution in [0.25, 0.3) is 0 Å². The number of rotatable bonds is 5. The van der Waals surface area contributed by atoms with Crippen LogP contribution in [0.4, 0.5) is 5.82 Å². The molecule has 0 atom stereocenters. The number of hydrogen-bond acceptors (Lipinski definition) is 4. The maximum atomic E-state index is 12.3. The summed E-state index contributed by atoms with van der Waals surface area (Å²) in [6.45, 7) is 3.79. The van der Waals surface area contributed by atoms with Crippen LogP contribution in [0.3, 0.4) is 0 Å². The van der Waals surface area contributed by atoms with E-state index in [4.69, 9.17) is 0 Å². The third-order valence-corrected chi connectivity index (χ3v) is 4.37. The number of hydrogen-bond donors (Lipinski definition) is 2. The van der Waals surface area contributed by atoms with Gasteiger partial charge < -0.3 is 5.11 Å². The lowest BCUT2D eigenvalue weighted by Crippen LogP contribution is -2.14. The van der Waals surface area contributed by atoms with E-state index in [1.165, 1.54) is 6.07 Å². The van der Waals surface area contributed by atoms with Crippen molar-refractivity contribution in [2.45, 2.75) is 31.6 Å². The van der Waals surface area contributed by atoms with Crippen LogP contribution in [0.2, 0.25) is 0 Å². The molecule has 6 heteroatoms. The van der Waals surface area contributed by atoms with Crippen LogP contribution in [0, 0.1) is 6.92 Å². The fourth-order valence-electron chi connectivity index (χ4n) is 1.93. The molecule has 0 amide bonds. The Labute approximate surface area is 124 Å². The molecule has 1 aromatic carbocycles. The van der Waals surface area contributed by atoms with Gasteiger partial charge in [-0.05, 0) is 43.2 Å². The summed E-state index contributed by atoms with van der Waals surface area (Å²) in [6, 6.07) is 9.71. The highest BCUT2D eigenvalue weighted by atomic mass is 32.2. The predicted molar refractivity (Wildman–Crippen MR) is 81.9 cm³/mol. The van der Waals surface area contributed by atoms with E-state index in [1.807, 2.05) is 0 Å². The second-order valence-electron chi connectivity index (χ2n) is 4.82. The van der Waals surface area contributed by atoms with Gasteiger partial charge in [-0.25, -0.2) is 13.4 Å². The van der Waals surface area contributed by atoms with Gasteiger partial charge in [-0.2, -0.15) is 0 Å². The van der Waals surface area contributed by atoms with E-state index in [0.717, 1.165) is 18.4 Å². The van der Waals surface area contributed by atoms with Gasteiger partial charge in [-0.15, -0.1) is 0 Å². The van der Waals surface area contributed by atoms with Gasteiger partial charge in [0.25, 0.3) is 10.0 Å². The molecule has 0 bridgehead atoms. The molecule has 0 spiro atoms. The van der Waals surface area contributed by atoms with E-state index in [-0.39, 0.29) is 16.5 Å². The highest BCUT2D eigenvalue weighted by molar-refractivity contribution is 7.92. The monoisotopic (exact) mass is 306 g/mol. The van der Waals surface area contributed by atoms with Gasteiger partial charge in [0.1, 0.15) is 0 Å². The summed E-state index contributed by atoms with van der Waals surface area (Å²) in [4.78, 5) is 4.13. The number of pyridine rings is 1. The van der Waals surface area contributed by atoms with Crippen LogP contribution in [-0.4, -0.2) is 18.5 Å². The first-order valence-corrected chi connectivity index (χ1v) is 8.19. The summed E-state index contributed by atoms with van der Waals surface area (Å²) < 4.78 is 26.9. The Balaban J connectivity index is 2.27. The lowest BCUT2D eigenvalue weighted by molar-refractivity contribution is 0.475. The first-order valence-electron chi connectivity index (χ1n) is 6.71. The first kappa shape index (κ1) is 15.3. The van der Waals surface area contributed by atoms with Crippen molar-refractivity contribution in [1.82, 2.24) is 4.98 Å². The number of nitrogens with one attached hydrogen (secondary N) is 1.